The molecule has 1 amide bonds. The maximum atomic E-state index is 12.0. The van der Waals surface area contributed by atoms with E-state index in [1.807, 2.05) is 35.2 Å². The van der Waals surface area contributed by atoms with Gasteiger partial charge in [-0.3, -0.25) is 9.80 Å². The topological polar surface area (TPSA) is 114 Å². The van der Waals surface area contributed by atoms with Gasteiger partial charge in [0, 0.05) is 13.1 Å². The first kappa shape index (κ1) is 22.0. The number of carbonyl (C=O) groups excluding carboxylic acids is 1. The van der Waals surface area contributed by atoms with Crippen LogP contribution in [0.25, 0.3) is 0 Å². The number of aliphatic hydroxyl groups is 4. The first-order valence-corrected chi connectivity index (χ1v) is 10.4. The zero-order chi connectivity index (χ0) is 20.8. The quantitative estimate of drug-likeness (QED) is 0.440. The largest absolute Gasteiger partial charge is 0.447 e. The molecule has 0 aliphatic carbocycles. The molecule has 162 valence electrons. The summed E-state index contributed by atoms with van der Waals surface area (Å²) >= 11 is 0. The van der Waals surface area contributed by atoms with E-state index in [4.69, 9.17) is 4.74 Å². The van der Waals surface area contributed by atoms with Gasteiger partial charge in [0.05, 0.1) is 24.8 Å². The van der Waals surface area contributed by atoms with Gasteiger partial charge in [-0.15, -0.1) is 0 Å². The predicted molar refractivity (Wildman–Crippen MR) is 106 cm³/mol. The smallest absolute Gasteiger partial charge is 0.410 e. The van der Waals surface area contributed by atoms with Crippen molar-refractivity contribution < 1.29 is 30.0 Å². The molecule has 29 heavy (non-hydrogen) atoms. The number of carbonyl (C=O) groups is 1. The van der Waals surface area contributed by atoms with Gasteiger partial charge in [0.15, 0.2) is 0 Å². The van der Waals surface area contributed by atoms with Crippen molar-refractivity contribution in [2.45, 2.75) is 56.1 Å². The zero-order valence-electron chi connectivity index (χ0n) is 16.6. The summed E-state index contributed by atoms with van der Waals surface area (Å²) < 4.78 is 5.23. The molecule has 2 aliphatic heterocycles. The van der Waals surface area contributed by atoms with Crippen molar-refractivity contribution >= 4 is 6.09 Å². The molecule has 2 fully saturated rings. The standard InChI is InChI=1S/C21H32N2O6/c24-13-16-19(26)20(27)18(25)12-22(16)10-6-1-2-7-11-23-17(14-29-21(23)28)15-8-4-3-5-9-15/h3-5,8-9,16-20,24-27H,1-2,6-7,10-14H2/t16-,17-,18+,19-,20-/m1/s1. The summed E-state index contributed by atoms with van der Waals surface area (Å²) in [4.78, 5) is 15.7. The highest BCUT2D eigenvalue weighted by Gasteiger charge is 2.40. The maximum absolute atomic E-state index is 12.0. The molecule has 1 aromatic rings. The average Bonchev–Trinajstić information content (AvgIpc) is 3.10. The van der Waals surface area contributed by atoms with Crippen LogP contribution < -0.4 is 0 Å². The van der Waals surface area contributed by atoms with E-state index in [0.29, 0.717) is 19.7 Å². The van der Waals surface area contributed by atoms with Gasteiger partial charge in [-0.1, -0.05) is 43.2 Å². The van der Waals surface area contributed by atoms with Crippen LogP contribution in [-0.2, 0) is 4.74 Å². The number of hydrogen-bond acceptors (Lipinski definition) is 7. The molecule has 8 nitrogen and oxygen atoms in total. The number of cyclic esters (lactones) is 1. The Kier molecular flexibility index (Phi) is 7.85. The van der Waals surface area contributed by atoms with E-state index in [9.17, 15) is 25.2 Å². The van der Waals surface area contributed by atoms with E-state index in [1.165, 1.54) is 0 Å². The number of nitrogens with zero attached hydrogens (tertiary/aromatic N) is 2. The monoisotopic (exact) mass is 408 g/mol. The average molecular weight is 408 g/mol. The third kappa shape index (κ3) is 5.26. The van der Waals surface area contributed by atoms with Crippen LogP contribution in [-0.4, -0.2) is 93.5 Å². The molecule has 2 heterocycles. The Labute approximate surface area is 171 Å². The zero-order valence-corrected chi connectivity index (χ0v) is 16.6. The van der Waals surface area contributed by atoms with E-state index >= 15 is 0 Å². The van der Waals surface area contributed by atoms with Crippen molar-refractivity contribution in [3.8, 4) is 0 Å². The first-order chi connectivity index (χ1) is 14.0. The van der Waals surface area contributed by atoms with E-state index in [0.717, 1.165) is 31.2 Å². The third-order valence-electron chi connectivity index (χ3n) is 5.97. The lowest BCUT2D eigenvalue weighted by molar-refractivity contribution is -0.145. The van der Waals surface area contributed by atoms with E-state index < -0.39 is 24.4 Å². The fourth-order valence-electron chi connectivity index (χ4n) is 4.23. The third-order valence-corrected chi connectivity index (χ3v) is 5.97. The fourth-order valence-corrected chi connectivity index (χ4v) is 4.23. The number of β-amino-alcohol motifs (C(OH)–C–C–N with tert-alkyl or cyclic N) is 1. The second-order valence-corrected chi connectivity index (χ2v) is 7.90. The number of benzene rings is 1. The van der Waals surface area contributed by atoms with Crippen LogP contribution in [0.15, 0.2) is 30.3 Å². The van der Waals surface area contributed by atoms with Crippen LogP contribution in [0, 0.1) is 0 Å². The lowest BCUT2D eigenvalue weighted by Crippen LogP contribution is -2.62. The molecule has 3 rings (SSSR count). The van der Waals surface area contributed by atoms with Gasteiger partial charge in [-0.2, -0.15) is 0 Å². The Bertz CT molecular complexity index is 645. The van der Waals surface area contributed by atoms with Crippen LogP contribution in [0.1, 0.15) is 37.3 Å². The highest BCUT2D eigenvalue weighted by atomic mass is 16.6. The Morgan fingerprint density at radius 1 is 0.966 bits per heavy atom. The number of rotatable bonds is 9. The normalized spacial score (nSPS) is 30.6. The lowest BCUT2D eigenvalue weighted by atomic mass is 9.94. The van der Waals surface area contributed by atoms with Crippen LogP contribution in [0.3, 0.4) is 0 Å². The van der Waals surface area contributed by atoms with Gasteiger partial charge in [-0.05, 0) is 24.9 Å². The Hall–Kier alpha value is -1.71. The molecule has 1 aromatic carbocycles. The molecule has 0 spiro atoms. The fraction of sp³-hybridized carbons (Fsp3) is 0.667. The molecule has 5 atom stereocenters. The first-order valence-electron chi connectivity index (χ1n) is 10.4. The van der Waals surface area contributed by atoms with Gasteiger partial charge >= 0.3 is 6.09 Å². The van der Waals surface area contributed by atoms with Crippen LogP contribution in [0.4, 0.5) is 4.79 Å². The summed E-state index contributed by atoms with van der Waals surface area (Å²) in [6.07, 6.45) is -0.0620. The number of unbranched alkanes of at least 4 members (excludes halogenated alkanes) is 3. The minimum Gasteiger partial charge on any atom is -0.447 e. The number of piperidine rings is 1. The number of hydrogen-bond donors (Lipinski definition) is 4. The van der Waals surface area contributed by atoms with Crippen molar-refractivity contribution in [2.75, 3.05) is 32.8 Å². The predicted octanol–water partition coefficient (Wildman–Crippen LogP) is 0.499. The summed E-state index contributed by atoms with van der Waals surface area (Å²) in [6.45, 7) is 1.64. The summed E-state index contributed by atoms with van der Waals surface area (Å²) in [6, 6.07) is 9.31. The highest BCUT2D eigenvalue weighted by Crippen LogP contribution is 2.28. The van der Waals surface area contributed by atoms with Gasteiger partial charge < -0.3 is 25.2 Å². The van der Waals surface area contributed by atoms with Crippen molar-refractivity contribution in [3.63, 3.8) is 0 Å². The minimum absolute atomic E-state index is 0.0308. The molecule has 0 saturated carbocycles. The Morgan fingerprint density at radius 3 is 2.34 bits per heavy atom. The van der Waals surface area contributed by atoms with Crippen LogP contribution >= 0.6 is 0 Å². The van der Waals surface area contributed by atoms with Gasteiger partial charge in [-0.25, -0.2) is 4.79 Å². The van der Waals surface area contributed by atoms with Crippen molar-refractivity contribution in [1.82, 2.24) is 9.80 Å². The van der Waals surface area contributed by atoms with Gasteiger partial charge in [0.2, 0.25) is 0 Å². The molecule has 2 saturated heterocycles. The van der Waals surface area contributed by atoms with E-state index in [2.05, 4.69) is 0 Å². The molecule has 0 aromatic heterocycles. The highest BCUT2D eigenvalue weighted by molar-refractivity contribution is 5.70. The molecule has 0 unspecified atom stereocenters. The van der Waals surface area contributed by atoms with Gasteiger partial charge in [0.25, 0.3) is 0 Å². The van der Waals surface area contributed by atoms with Crippen LogP contribution in [0.5, 0.6) is 0 Å². The number of amides is 1. The molecule has 8 heteroatoms. The molecule has 4 N–H and O–H groups in total. The molecular weight excluding hydrogens is 376 g/mol. The van der Waals surface area contributed by atoms with Crippen molar-refractivity contribution in [3.05, 3.63) is 35.9 Å². The van der Waals surface area contributed by atoms with Crippen LogP contribution in [0.2, 0.25) is 0 Å². The summed E-state index contributed by atoms with van der Waals surface area (Å²) in [5.41, 5.74) is 1.08. The molecule has 0 radical (unpaired) electrons. The lowest BCUT2D eigenvalue weighted by Gasteiger charge is -2.43. The second-order valence-electron chi connectivity index (χ2n) is 7.90. The van der Waals surface area contributed by atoms with Crippen molar-refractivity contribution in [1.29, 1.82) is 0 Å². The van der Waals surface area contributed by atoms with E-state index in [1.54, 1.807) is 4.90 Å². The second kappa shape index (κ2) is 10.4. The maximum Gasteiger partial charge on any atom is 0.410 e. The Balaban J connectivity index is 1.39. The Morgan fingerprint density at radius 2 is 1.66 bits per heavy atom. The van der Waals surface area contributed by atoms with Gasteiger partial charge in [0.1, 0.15) is 18.8 Å². The van der Waals surface area contributed by atoms with Crippen molar-refractivity contribution in [2.24, 2.45) is 0 Å². The number of aliphatic hydroxyl groups excluding tert-OH is 4. The van der Waals surface area contributed by atoms with E-state index in [-0.39, 0.29) is 25.3 Å². The molecular formula is C21H32N2O6. The molecule has 0 bridgehead atoms. The number of likely N-dealkylation sites (tertiary alicyclic amines) is 1. The summed E-state index contributed by atoms with van der Waals surface area (Å²) in [7, 11) is 0. The SMILES string of the molecule is O=C1OC[C@H](c2ccccc2)N1CCCCCCN1C[C@H](O)[C@@H](O)[C@H](O)[C@H]1CO. The minimum atomic E-state index is -1.22. The summed E-state index contributed by atoms with van der Waals surface area (Å²) in [5.74, 6) is 0. The molecule has 2 aliphatic rings. The summed E-state index contributed by atoms with van der Waals surface area (Å²) in [5, 5.41) is 39.1. The number of ether oxygens (including phenoxy) is 1.